The number of hydrogen-bond donors (Lipinski definition) is 1. The Bertz CT molecular complexity index is 500. The molecule has 1 rings (SSSR count). The first-order valence-electron chi connectivity index (χ1n) is 12.2. The lowest BCUT2D eigenvalue weighted by atomic mass is 10.0. The molecular formula is C26H44ClNO. The summed E-state index contributed by atoms with van der Waals surface area (Å²) in [6, 6.07) is 7.83. The summed E-state index contributed by atoms with van der Waals surface area (Å²) in [5.41, 5.74) is 1.21. The van der Waals surface area contributed by atoms with Crippen molar-refractivity contribution in [3.8, 4) is 0 Å². The molecule has 0 atom stereocenters. The van der Waals surface area contributed by atoms with Gasteiger partial charge in [0.05, 0.1) is 0 Å². The van der Waals surface area contributed by atoms with Gasteiger partial charge in [0.2, 0.25) is 5.91 Å². The zero-order valence-corrected chi connectivity index (χ0v) is 19.6. The fraction of sp³-hybridized carbons (Fsp3) is 0.731. The molecule has 0 saturated carbocycles. The molecule has 0 unspecified atom stereocenters. The van der Waals surface area contributed by atoms with Crippen LogP contribution in [0.3, 0.4) is 0 Å². The van der Waals surface area contributed by atoms with E-state index in [1.54, 1.807) is 0 Å². The molecule has 1 aromatic carbocycles. The summed E-state index contributed by atoms with van der Waals surface area (Å²) < 4.78 is 0. The third-order valence-corrected chi connectivity index (χ3v) is 5.91. The van der Waals surface area contributed by atoms with E-state index in [0.717, 1.165) is 17.9 Å². The van der Waals surface area contributed by atoms with E-state index in [4.69, 9.17) is 11.6 Å². The monoisotopic (exact) mass is 421 g/mol. The molecule has 0 saturated heterocycles. The number of benzene rings is 1. The van der Waals surface area contributed by atoms with Gasteiger partial charge < -0.3 is 5.32 Å². The normalized spacial score (nSPS) is 11.0. The van der Waals surface area contributed by atoms with E-state index in [9.17, 15) is 4.79 Å². The molecule has 0 fully saturated rings. The number of carbonyl (C=O) groups excluding carboxylic acids is 1. The van der Waals surface area contributed by atoms with Gasteiger partial charge >= 0.3 is 0 Å². The van der Waals surface area contributed by atoms with Crippen molar-refractivity contribution in [2.75, 3.05) is 6.54 Å². The second kappa shape index (κ2) is 19.0. The Morgan fingerprint density at radius 1 is 0.724 bits per heavy atom. The highest BCUT2D eigenvalue weighted by Crippen LogP contribution is 2.14. The second-order valence-electron chi connectivity index (χ2n) is 8.43. The minimum Gasteiger partial charge on any atom is -0.356 e. The van der Waals surface area contributed by atoms with Crippen molar-refractivity contribution in [1.29, 1.82) is 0 Å². The Kier molecular flexibility index (Phi) is 17.0. The number of amides is 1. The average Bonchev–Trinajstić information content (AvgIpc) is 2.72. The lowest BCUT2D eigenvalue weighted by Crippen LogP contribution is -2.25. The van der Waals surface area contributed by atoms with Gasteiger partial charge in [0.25, 0.3) is 0 Å². The van der Waals surface area contributed by atoms with Crippen LogP contribution in [-0.2, 0) is 11.2 Å². The van der Waals surface area contributed by atoms with Gasteiger partial charge in [0.1, 0.15) is 0 Å². The number of nitrogens with one attached hydrogen (secondary N) is 1. The first-order chi connectivity index (χ1) is 14.2. The van der Waals surface area contributed by atoms with Gasteiger partial charge in [0, 0.05) is 18.0 Å². The van der Waals surface area contributed by atoms with Crippen LogP contribution in [0.4, 0.5) is 0 Å². The molecular weight excluding hydrogens is 378 g/mol. The molecule has 1 amide bonds. The second-order valence-corrected chi connectivity index (χ2v) is 8.86. The Morgan fingerprint density at radius 3 is 1.66 bits per heavy atom. The average molecular weight is 422 g/mol. The minimum absolute atomic E-state index is 0.189. The first kappa shape index (κ1) is 26.0. The van der Waals surface area contributed by atoms with Crippen LogP contribution in [0.1, 0.15) is 115 Å². The highest BCUT2D eigenvalue weighted by Gasteiger charge is 2.01. The molecule has 0 aliphatic rings. The predicted molar refractivity (Wildman–Crippen MR) is 128 cm³/mol. The van der Waals surface area contributed by atoms with E-state index in [1.807, 2.05) is 24.3 Å². The fourth-order valence-corrected chi connectivity index (χ4v) is 3.87. The Balaban J connectivity index is 1.79. The van der Waals surface area contributed by atoms with Crippen molar-refractivity contribution in [3.63, 3.8) is 0 Å². The lowest BCUT2D eigenvalue weighted by molar-refractivity contribution is -0.121. The molecule has 0 aromatic heterocycles. The van der Waals surface area contributed by atoms with Crippen LogP contribution in [0.15, 0.2) is 24.3 Å². The molecule has 0 radical (unpaired) electrons. The zero-order valence-electron chi connectivity index (χ0n) is 18.8. The van der Waals surface area contributed by atoms with Crippen LogP contribution in [0.2, 0.25) is 5.02 Å². The van der Waals surface area contributed by atoms with Crippen LogP contribution in [0, 0.1) is 0 Å². The van der Waals surface area contributed by atoms with Crippen LogP contribution in [0.25, 0.3) is 0 Å². The first-order valence-corrected chi connectivity index (χ1v) is 12.6. The third-order valence-electron chi connectivity index (χ3n) is 5.66. The molecule has 2 nitrogen and oxygen atoms in total. The Hall–Kier alpha value is -1.02. The summed E-state index contributed by atoms with van der Waals surface area (Å²) in [5, 5.41) is 3.78. The lowest BCUT2D eigenvalue weighted by Gasteiger charge is -2.06. The molecule has 1 aromatic rings. The predicted octanol–water partition coefficient (Wildman–Crippen LogP) is 8.26. The quantitative estimate of drug-likeness (QED) is 0.224. The van der Waals surface area contributed by atoms with Gasteiger partial charge in [-0.3, -0.25) is 4.79 Å². The van der Waals surface area contributed by atoms with E-state index >= 15 is 0 Å². The number of rotatable bonds is 19. The maximum atomic E-state index is 11.9. The van der Waals surface area contributed by atoms with E-state index in [-0.39, 0.29) is 5.91 Å². The van der Waals surface area contributed by atoms with Crippen molar-refractivity contribution >= 4 is 17.5 Å². The Morgan fingerprint density at radius 2 is 1.17 bits per heavy atom. The van der Waals surface area contributed by atoms with Crippen molar-refractivity contribution in [3.05, 3.63) is 34.9 Å². The van der Waals surface area contributed by atoms with Crippen LogP contribution in [-0.4, -0.2) is 12.5 Å². The Labute approximate surface area is 185 Å². The topological polar surface area (TPSA) is 29.1 Å². The molecule has 0 heterocycles. The van der Waals surface area contributed by atoms with E-state index in [0.29, 0.717) is 13.0 Å². The van der Waals surface area contributed by atoms with Gasteiger partial charge in [-0.25, -0.2) is 0 Å². The minimum atomic E-state index is 0.189. The van der Waals surface area contributed by atoms with E-state index < -0.39 is 0 Å². The van der Waals surface area contributed by atoms with Crippen molar-refractivity contribution in [1.82, 2.24) is 5.32 Å². The molecule has 0 aliphatic carbocycles. The van der Waals surface area contributed by atoms with Crippen LogP contribution in [0.5, 0.6) is 0 Å². The van der Waals surface area contributed by atoms with Crippen molar-refractivity contribution in [2.45, 2.75) is 116 Å². The largest absolute Gasteiger partial charge is 0.356 e. The molecule has 0 bridgehead atoms. The van der Waals surface area contributed by atoms with Crippen molar-refractivity contribution < 1.29 is 4.79 Å². The van der Waals surface area contributed by atoms with Gasteiger partial charge in [-0.2, -0.15) is 0 Å². The standard InChI is InChI=1S/C26H44ClNO/c1-2-3-4-5-6-7-8-9-10-11-12-13-14-15-16-17-26(29)28-23-22-24-18-20-25(27)21-19-24/h18-21H,2-17,22-23H2,1H3,(H,28,29). The maximum Gasteiger partial charge on any atom is 0.220 e. The summed E-state index contributed by atoms with van der Waals surface area (Å²) in [7, 11) is 0. The van der Waals surface area contributed by atoms with E-state index in [2.05, 4.69) is 12.2 Å². The summed E-state index contributed by atoms with van der Waals surface area (Å²) in [6.45, 7) is 2.99. The molecule has 29 heavy (non-hydrogen) atoms. The van der Waals surface area contributed by atoms with Crippen molar-refractivity contribution in [2.24, 2.45) is 0 Å². The number of hydrogen-bond acceptors (Lipinski definition) is 1. The molecule has 1 N–H and O–H groups in total. The molecule has 166 valence electrons. The zero-order chi connectivity index (χ0) is 21.0. The van der Waals surface area contributed by atoms with Gasteiger partial charge in [-0.1, -0.05) is 121 Å². The van der Waals surface area contributed by atoms with Gasteiger partial charge in [-0.05, 0) is 30.5 Å². The molecule has 3 heteroatoms. The number of halogens is 1. The van der Waals surface area contributed by atoms with Crippen LogP contribution < -0.4 is 5.32 Å². The SMILES string of the molecule is CCCCCCCCCCCCCCCCCC(=O)NCCc1ccc(Cl)cc1. The maximum absolute atomic E-state index is 11.9. The number of unbranched alkanes of at least 4 members (excludes halogenated alkanes) is 14. The summed E-state index contributed by atoms with van der Waals surface area (Å²) in [5.74, 6) is 0.189. The van der Waals surface area contributed by atoms with Crippen LogP contribution >= 0.6 is 11.6 Å². The van der Waals surface area contributed by atoms with Gasteiger partial charge in [-0.15, -0.1) is 0 Å². The highest BCUT2D eigenvalue weighted by molar-refractivity contribution is 6.30. The molecule has 0 aliphatic heterocycles. The fourth-order valence-electron chi connectivity index (χ4n) is 3.74. The van der Waals surface area contributed by atoms with Gasteiger partial charge in [0.15, 0.2) is 0 Å². The summed E-state index contributed by atoms with van der Waals surface area (Å²) >= 11 is 5.88. The van der Waals surface area contributed by atoms with E-state index in [1.165, 1.54) is 95.5 Å². The molecule has 0 spiro atoms. The number of carbonyl (C=O) groups is 1. The highest BCUT2D eigenvalue weighted by atomic mass is 35.5. The third kappa shape index (κ3) is 16.5. The smallest absolute Gasteiger partial charge is 0.220 e. The summed E-state index contributed by atoms with van der Waals surface area (Å²) in [4.78, 5) is 11.9. The summed E-state index contributed by atoms with van der Waals surface area (Å²) in [6.07, 6.45) is 21.8.